The highest BCUT2D eigenvalue weighted by Gasteiger charge is 2.33. The Morgan fingerprint density at radius 2 is 1.85 bits per heavy atom. The van der Waals surface area contributed by atoms with Crippen LogP contribution in [-0.2, 0) is 29.1 Å². The average Bonchev–Trinajstić information content (AvgIpc) is 2.76. The van der Waals surface area contributed by atoms with Crippen molar-refractivity contribution < 1.29 is 27.5 Å². The third-order valence-electron chi connectivity index (χ3n) is 6.53. The molecule has 2 atom stereocenters. The summed E-state index contributed by atoms with van der Waals surface area (Å²) in [6.07, 6.45) is 5.29. The number of sulfonamides is 1. The van der Waals surface area contributed by atoms with Gasteiger partial charge in [0.2, 0.25) is 21.8 Å². The van der Waals surface area contributed by atoms with Crippen LogP contribution in [0.1, 0.15) is 66.2 Å². The third-order valence-corrected chi connectivity index (χ3v) is 7.80. The molecule has 0 saturated carbocycles. The molecule has 0 aromatic carbocycles. The fourth-order valence-corrected chi connectivity index (χ4v) is 4.87. The number of nitrogens with zero attached hydrogens (tertiary/aromatic N) is 1. The van der Waals surface area contributed by atoms with E-state index in [1.165, 1.54) is 10.6 Å². The summed E-state index contributed by atoms with van der Waals surface area (Å²) in [7, 11) is -3.23. The Morgan fingerprint density at radius 3 is 2.47 bits per heavy atom. The fourth-order valence-electron chi connectivity index (χ4n) is 3.93. The normalized spacial score (nSPS) is 22.9. The van der Waals surface area contributed by atoms with Crippen LogP contribution in [0.25, 0.3) is 0 Å². The Bertz CT molecular complexity index is 836. The van der Waals surface area contributed by atoms with Gasteiger partial charge in [-0.2, -0.15) is 0 Å². The number of piperidine rings is 1. The van der Waals surface area contributed by atoms with Crippen molar-refractivity contribution in [1.29, 1.82) is 5.41 Å². The molecule has 196 valence electrons. The van der Waals surface area contributed by atoms with E-state index in [-0.39, 0.29) is 30.9 Å². The molecule has 34 heavy (non-hydrogen) atoms. The maximum atomic E-state index is 12.7. The number of carbonyl (C=O) groups is 2. The Labute approximate surface area is 204 Å². The molecule has 0 bridgehead atoms. The summed E-state index contributed by atoms with van der Waals surface area (Å²) >= 11 is 0. The topological polar surface area (TPSA) is 138 Å². The second-order valence-electron chi connectivity index (χ2n) is 10.7. The molecule has 0 aromatic rings. The molecule has 0 radical (unpaired) electrons. The van der Waals surface area contributed by atoms with Crippen LogP contribution in [0, 0.1) is 16.7 Å². The maximum absolute atomic E-state index is 12.7. The van der Waals surface area contributed by atoms with Gasteiger partial charge < -0.3 is 20.2 Å². The summed E-state index contributed by atoms with van der Waals surface area (Å²) in [6, 6.07) is 0. The van der Waals surface area contributed by atoms with Gasteiger partial charge >= 0.3 is 0 Å². The highest BCUT2D eigenvalue weighted by Crippen LogP contribution is 2.23. The maximum Gasteiger partial charge on any atom is 0.246 e. The minimum atomic E-state index is -3.23. The van der Waals surface area contributed by atoms with Gasteiger partial charge in [-0.25, -0.2) is 12.7 Å². The molecule has 11 heteroatoms. The molecule has 2 aliphatic rings. The predicted octanol–water partition coefficient (Wildman–Crippen LogP) is 1.65. The molecule has 2 amide bonds. The van der Waals surface area contributed by atoms with Crippen LogP contribution in [0.3, 0.4) is 0 Å². The summed E-state index contributed by atoms with van der Waals surface area (Å²) in [5.41, 5.74) is -1.51. The fraction of sp³-hybridized carbons (Fsp3) is 0.870. The first-order chi connectivity index (χ1) is 15.7. The number of imide groups is 1. The van der Waals surface area contributed by atoms with Gasteiger partial charge in [-0.3, -0.25) is 14.9 Å². The summed E-state index contributed by atoms with van der Waals surface area (Å²) in [4.78, 5) is 25.2. The van der Waals surface area contributed by atoms with Gasteiger partial charge in [0.25, 0.3) is 0 Å². The number of rotatable bonds is 11. The Hall–Kier alpha value is -1.40. The smallest absolute Gasteiger partial charge is 0.246 e. The molecule has 2 fully saturated rings. The lowest BCUT2D eigenvalue weighted by atomic mass is 9.86. The zero-order valence-corrected chi connectivity index (χ0v) is 22.1. The molecule has 2 aliphatic heterocycles. The van der Waals surface area contributed by atoms with E-state index in [2.05, 4.69) is 10.6 Å². The van der Waals surface area contributed by atoms with E-state index in [1.807, 2.05) is 13.8 Å². The lowest BCUT2D eigenvalue weighted by molar-refractivity contribution is -0.171. The Morgan fingerprint density at radius 1 is 1.15 bits per heavy atom. The van der Waals surface area contributed by atoms with E-state index < -0.39 is 32.8 Å². The molecule has 10 nitrogen and oxygen atoms in total. The molecule has 2 saturated heterocycles. The van der Waals surface area contributed by atoms with Crippen LogP contribution in [0.2, 0.25) is 0 Å². The van der Waals surface area contributed by atoms with Gasteiger partial charge in [0, 0.05) is 37.4 Å². The van der Waals surface area contributed by atoms with Gasteiger partial charge in [-0.1, -0.05) is 13.8 Å². The van der Waals surface area contributed by atoms with Gasteiger partial charge in [-0.15, -0.1) is 0 Å². The quantitative estimate of drug-likeness (QED) is 0.365. The number of amides is 2. The van der Waals surface area contributed by atoms with Crippen molar-refractivity contribution >= 4 is 27.5 Å². The van der Waals surface area contributed by atoms with Crippen molar-refractivity contribution in [3.63, 3.8) is 0 Å². The van der Waals surface area contributed by atoms with E-state index in [1.54, 1.807) is 13.8 Å². The molecule has 0 aromatic heterocycles. The molecule has 0 aliphatic carbocycles. The summed E-state index contributed by atoms with van der Waals surface area (Å²) in [5.74, 6) is -0.924. The zero-order chi connectivity index (χ0) is 25.6. The second-order valence-corrected chi connectivity index (χ2v) is 12.6. The first-order valence-electron chi connectivity index (χ1n) is 12.1. The summed E-state index contributed by atoms with van der Waals surface area (Å²) in [6.45, 7) is 9.37. The van der Waals surface area contributed by atoms with Crippen LogP contribution < -0.4 is 10.6 Å². The monoisotopic (exact) mass is 502 g/mol. The van der Waals surface area contributed by atoms with E-state index in [4.69, 9.17) is 14.9 Å². The summed E-state index contributed by atoms with van der Waals surface area (Å²) < 4.78 is 36.4. The highest BCUT2D eigenvalue weighted by molar-refractivity contribution is 7.88. The average molecular weight is 503 g/mol. The van der Waals surface area contributed by atoms with Crippen LogP contribution in [-0.4, -0.2) is 81.2 Å². The number of carbonyl (C=O) groups excluding carboxylic acids is 2. The van der Waals surface area contributed by atoms with Crippen molar-refractivity contribution in [1.82, 2.24) is 14.9 Å². The highest BCUT2D eigenvalue weighted by atomic mass is 32.2. The van der Waals surface area contributed by atoms with Gasteiger partial charge in [-0.05, 0) is 51.9 Å². The van der Waals surface area contributed by atoms with Gasteiger partial charge in [0.05, 0.1) is 24.8 Å². The molecular formula is C23H42N4O6S. The number of nitrogens with one attached hydrogen (secondary N) is 3. The van der Waals surface area contributed by atoms with E-state index in [0.29, 0.717) is 26.2 Å². The standard InChI is InChI=1S/C23H42N4O6S/c1-22(2,16-33-20-10-6-7-12-32-20)18(24)13-19(28)26-21(29)23(3,4)25-14-17-9-8-11-27(15-17)34(5,30)31/h17,20,24-25H,6-16H2,1-5H3,(H,26,28,29). The van der Waals surface area contributed by atoms with Crippen molar-refractivity contribution in [2.24, 2.45) is 11.3 Å². The van der Waals surface area contributed by atoms with Crippen molar-refractivity contribution in [2.45, 2.75) is 78.0 Å². The first kappa shape index (κ1) is 28.8. The zero-order valence-electron chi connectivity index (χ0n) is 21.2. The lowest BCUT2D eigenvalue weighted by Gasteiger charge is -2.33. The van der Waals surface area contributed by atoms with Crippen LogP contribution in [0.15, 0.2) is 0 Å². The molecule has 2 heterocycles. The van der Waals surface area contributed by atoms with Crippen LogP contribution in [0.4, 0.5) is 0 Å². The molecular weight excluding hydrogens is 460 g/mol. The van der Waals surface area contributed by atoms with Crippen molar-refractivity contribution in [3.8, 4) is 0 Å². The minimum absolute atomic E-state index is 0.0911. The Kier molecular flexibility index (Phi) is 10.2. The number of hydrogen-bond donors (Lipinski definition) is 3. The van der Waals surface area contributed by atoms with Crippen molar-refractivity contribution in [2.75, 3.05) is 39.1 Å². The number of ether oxygens (including phenoxy) is 2. The largest absolute Gasteiger partial charge is 0.353 e. The Balaban J connectivity index is 1.79. The SMILES string of the molecule is CC(C)(COC1CCCCO1)C(=N)CC(=O)NC(=O)C(C)(C)NCC1CCCN(S(C)(=O)=O)C1. The van der Waals surface area contributed by atoms with Gasteiger partial charge in [0.1, 0.15) is 0 Å². The third kappa shape index (κ3) is 8.99. The lowest BCUT2D eigenvalue weighted by Crippen LogP contribution is -2.56. The van der Waals surface area contributed by atoms with Crippen LogP contribution in [0.5, 0.6) is 0 Å². The second kappa shape index (κ2) is 12.0. The van der Waals surface area contributed by atoms with Gasteiger partial charge in [0.15, 0.2) is 6.29 Å². The molecule has 2 unspecified atom stereocenters. The summed E-state index contributed by atoms with van der Waals surface area (Å²) in [5, 5.41) is 13.9. The van der Waals surface area contributed by atoms with E-state index in [9.17, 15) is 18.0 Å². The molecule has 2 rings (SSSR count). The number of hydrogen-bond acceptors (Lipinski definition) is 8. The van der Waals surface area contributed by atoms with Crippen LogP contribution >= 0.6 is 0 Å². The van der Waals surface area contributed by atoms with E-state index >= 15 is 0 Å². The van der Waals surface area contributed by atoms with Crippen molar-refractivity contribution in [3.05, 3.63) is 0 Å². The molecule has 0 spiro atoms. The molecule has 3 N–H and O–H groups in total. The van der Waals surface area contributed by atoms with E-state index in [0.717, 1.165) is 32.1 Å². The first-order valence-corrected chi connectivity index (χ1v) is 13.9. The predicted molar refractivity (Wildman–Crippen MR) is 130 cm³/mol. The minimum Gasteiger partial charge on any atom is -0.353 e.